The Morgan fingerprint density at radius 1 is 1.04 bits per heavy atom. The van der Waals surface area contributed by atoms with E-state index in [9.17, 15) is 0 Å². The van der Waals surface area contributed by atoms with Crippen molar-refractivity contribution < 1.29 is 0 Å². The Balaban J connectivity index is 1.41. The van der Waals surface area contributed by atoms with E-state index in [1.165, 1.54) is 49.8 Å². The summed E-state index contributed by atoms with van der Waals surface area (Å²) in [6.07, 6.45) is 4.63. The molecule has 0 aliphatic carbocycles. The van der Waals surface area contributed by atoms with Gasteiger partial charge >= 0.3 is 0 Å². The van der Waals surface area contributed by atoms with E-state index >= 15 is 0 Å². The summed E-state index contributed by atoms with van der Waals surface area (Å²) in [5, 5.41) is 0. The molecule has 1 saturated heterocycles. The van der Waals surface area contributed by atoms with Crippen LogP contribution in [0.3, 0.4) is 0 Å². The number of aromatic nitrogens is 2. The van der Waals surface area contributed by atoms with Gasteiger partial charge in [0.2, 0.25) is 0 Å². The lowest BCUT2D eigenvalue weighted by molar-refractivity contribution is 0.154. The second-order valence-electron chi connectivity index (χ2n) is 5.97. The van der Waals surface area contributed by atoms with E-state index in [0.717, 1.165) is 11.3 Å². The van der Waals surface area contributed by atoms with Gasteiger partial charge in [-0.2, -0.15) is 0 Å². The predicted molar refractivity (Wildman–Crippen MR) is 96.7 cm³/mol. The minimum atomic E-state index is 0.978. The maximum Gasteiger partial charge on any atom is 0.116 e. The first-order chi connectivity index (χ1) is 11.3. The lowest BCUT2D eigenvalue weighted by Gasteiger charge is -2.32. The van der Waals surface area contributed by atoms with Gasteiger partial charge < -0.3 is 9.80 Å². The smallest absolute Gasteiger partial charge is 0.116 e. The molecule has 0 saturated carbocycles. The molecule has 1 aromatic heterocycles. The maximum absolute atomic E-state index is 4.28. The summed E-state index contributed by atoms with van der Waals surface area (Å²) in [4.78, 5) is 14.6. The molecule has 1 aliphatic heterocycles. The van der Waals surface area contributed by atoms with Crippen molar-refractivity contribution in [1.82, 2.24) is 19.8 Å². The maximum atomic E-state index is 4.28. The molecule has 5 heteroatoms. The molecule has 0 bridgehead atoms. The fraction of sp³-hybridized carbons (Fsp3) is 0.444. The first-order valence-electron chi connectivity index (χ1n) is 8.21. The summed E-state index contributed by atoms with van der Waals surface area (Å²) in [7, 11) is 2.21. The van der Waals surface area contributed by atoms with Crippen LogP contribution in [0.15, 0.2) is 47.8 Å². The fourth-order valence-corrected chi connectivity index (χ4v) is 3.57. The molecule has 1 fully saturated rings. The zero-order valence-electron chi connectivity index (χ0n) is 13.7. The second kappa shape index (κ2) is 8.43. The second-order valence-corrected chi connectivity index (χ2v) is 7.13. The highest BCUT2D eigenvalue weighted by atomic mass is 32.2. The number of likely N-dealkylation sites (N-methyl/N-ethyl adjacent to an activating group) is 1. The summed E-state index contributed by atoms with van der Waals surface area (Å²) < 4.78 is 0. The molecule has 0 radical (unpaired) electrons. The molecule has 1 aliphatic rings. The van der Waals surface area contributed by atoms with Crippen molar-refractivity contribution in [2.75, 3.05) is 45.5 Å². The van der Waals surface area contributed by atoms with E-state index in [1.54, 1.807) is 12.5 Å². The first kappa shape index (κ1) is 16.4. The largest absolute Gasteiger partial charge is 0.304 e. The Bertz CT molecular complexity index is 580. The van der Waals surface area contributed by atoms with Gasteiger partial charge in [0.1, 0.15) is 6.33 Å². The van der Waals surface area contributed by atoms with Gasteiger partial charge in [-0.25, -0.2) is 9.97 Å². The molecule has 3 rings (SSSR count). The average molecular weight is 328 g/mol. The average Bonchev–Trinajstić information content (AvgIpc) is 2.62. The van der Waals surface area contributed by atoms with Crippen LogP contribution in [0.2, 0.25) is 0 Å². The minimum Gasteiger partial charge on any atom is -0.304 e. The third-order valence-corrected chi connectivity index (χ3v) is 5.31. The molecular formula is C18H24N4S. The minimum absolute atomic E-state index is 0.978. The zero-order chi connectivity index (χ0) is 15.9. The molecule has 0 spiro atoms. The molecule has 0 amide bonds. The van der Waals surface area contributed by atoms with Gasteiger partial charge in [0.05, 0.1) is 5.69 Å². The number of rotatable bonds is 6. The Hall–Kier alpha value is -1.43. The number of benzene rings is 1. The molecule has 2 aromatic rings. The van der Waals surface area contributed by atoms with E-state index in [2.05, 4.69) is 51.1 Å². The first-order valence-corrected chi connectivity index (χ1v) is 9.20. The molecule has 0 N–H and O–H groups in total. The molecule has 4 nitrogen and oxygen atoms in total. The van der Waals surface area contributed by atoms with Gasteiger partial charge in [-0.3, -0.25) is 0 Å². The van der Waals surface area contributed by atoms with Crippen molar-refractivity contribution >= 4 is 11.8 Å². The van der Waals surface area contributed by atoms with Gasteiger partial charge in [-0.1, -0.05) is 12.1 Å². The van der Waals surface area contributed by atoms with Crippen LogP contribution in [0.1, 0.15) is 6.42 Å². The number of thioether (sulfide) groups is 1. The quantitative estimate of drug-likeness (QED) is 0.601. The van der Waals surface area contributed by atoms with Gasteiger partial charge in [0.25, 0.3) is 0 Å². The van der Waals surface area contributed by atoms with Gasteiger partial charge in [-0.15, -0.1) is 11.8 Å². The van der Waals surface area contributed by atoms with Crippen LogP contribution in [0.25, 0.3) is 11.3 Å². The Kier molecular flexibility index (Phi) is 6.02. The monoisotopic (exact) mass is 328 g/mol. The fourth-order valence-electron chi connectivity index (χ4n) is 2.73. The van der Waals surface area contributed by atoms with E-state index in [0.29, 0.717) is 0 Å². The molecule has 2 heterocycles. The molecule has 0 atom stereocenters. The lowest BCUT2D eigenvalue weighted by atomic mass is 10.1. The van der Waals surface area contributed by atoms with Crippen LogP contribution in [0.5, 0.6) is 0 Å². The van der Waals surface area contributed by atoms with Crippen LogP contribution < -0.4 is 0 Å². The molecule has 0 unspecified atom stereocenters. The number of piperazine rings is 1. The van der Waals surface area contributed by atoms with Crippen LogP contribution in [0, 0.1) is 0 Å². The predicted octanol–water partition coefficient (Wildman–Crippen LogP) is 2.87. The summed E-state index contributed by atoms with van der Waals surface area (Å²) in [6, 6.07) is 10.6. The van der Waals surface area contributed by atoms with Crippen molar-refractivity contribution in [2.45, 2.75) is 11.3 Å². The normalized spacial score (nSPS) is 16.6. The molecular weight excluding hydrogens is 304 g/mol. The highest BCUT2D eigenvalue weighted by molar-refractivity contribution is 7.99. The third kappa shape index (κ3) is 5.03. The summed E-state index contributed by atoms with van der Waals surface area (Å²) in [5.74, 6) is 1.18. The third-order valence-electron chi connectivity index (χ3n) is 4.22. The van der Waals surface area contributed by atoms with E-state index in [-0.39, 0.29) is 0 Å². The van der Waals surface area contributed by atoms with Crippen molar-refractivity contribution in [3.63, 3.8) is 0 Å². The lowest BCUT2D eigenvalue weighted by Crippen LogP contribution is -2.44. The summed E-state index contributed by atoms with van der Waals surface area (Å²) in [6.45, 7) is 6.07. The van der Waals surface area contributed by atoms with Crippen molar-refractivity contribution in [1.29, 1.82) is 0 Å². The van der Waals surface area contributed by atoms with E-state index < -0.39 is 0 Å². The Labute approximate surface area is 142 Å². The van der Waals surface area contributed by atoms with Crippen molar-refractivity contribution in [3.8, 4) is 11.3 Å². The SMILES string of the molecule is CN1CCN(CCCSc2ccc(-c3ccncn3)cc2)CC1. The van der Waals surface area contributed by atoms with Crippen LogP contribution >= 0.6 is 11.8 Å². The van der Waals surface area contributed by atoms with Gasteiger partial charge in [0, 0.05) is 42.8 Å². The summed E-state index contributed by atoms with van der Waals surface area (Å²) in [5.41, 5.74) is 2.13. The van der Waals surface area contributed by atoms with Crippen LogP contribution in [0.4, 0.5) is 0 Å². The van der Waals surface area contributed by atoms with Gasteiger partial charge in [0.15, 0.2) is 0 Å². The number of nitrogens with zero attached hydrogens (tertiary/aromatic N) is 4. The molecule has 122 valence electrons. The van der Waals surface area contributed by atoms with Crippen molar-refractivity contribution in [3.05, 3.63) is 42.9 Å². The van der Waals surface area contributed by atoms with Crippen LogP contribution in [-0.2, 0) is 0 Å². The standard InChI is InChI=1S/C18H24N4S/c1-21-10-12-22(13-11-21)9-2-14-23-17-5-3-16(4-6-17)18-7-8-19-15-20-18/h3-8,15H,2,9-14H2,1H3. The molecule has 23 heavy (non-hydrogen) atoms. The Morgan fingerprint density at radius 3 is 2.52 bits per heavy atom. The zero-order valence-corrected chi connectivity index (χ0v) is 14.5. The topological polar surface area (TPSA) is 32.3 Å². The van der Waals surface area contributed by atoms with Crippen molar-refractivity contribution in [2.24, 2.45) is 0 Å². The van der Waals surface area contributed by atoms with E-state index in [1.807, 2.05) is 17.8 Å². The summed E-state index contributed by atoms with van der Waals surface area (Å²) >= 11 is 1.94. The molecule has 1 aromatic carbocycles. The Morgan fingerprint density at radius 2 is 1.83 bits per heavy atom. The highest BCUT2D eigenvalue weighted by Gasteiger charge is 2.12. The number of hydrogen-bond acceptors (Lipinski definition) is 5. The van der Waals surface area contributed by atoms with Crippen LogP contribution in [-0.4, -0.2) is 65.3 Å². The van der Waals surface area contributed by atoms with E-state index in [4.69, 9.17) is 0 Å². The number of hydrogen-bond donors (Lipinski definition) is 0. The van der Waals surface area contributed by atoms with Gasteiger partial charge in [-0.05, 0) is 44.0 Å². The highest BCUT2D eigenvalue weighted by Crippen LogP contribution is 2.23.